The van der Waals surface area contributed by atoms with Crippen molar-refractivity contribution in [2.24, 2.45) is 4.99 Å². The van der Waals surface area contributed by atoms with Crippen molar-refractivity contribution in [3.05, 3.63) is 53.6 Å². The van der Waals surface area contributed by atoms with Gasteiger partial charge in [0.25, 0.3) is 0 Å². The van der Waals surface area contributed by atoms with Crippen molar-refractivity contribution in [2.45, 2.75) is 12.8 Å². The first kappa shape index (κ1) is 10.7. The average molecular weight is 213 g/mol. The zero-order chi connectivity index (χ0) is 11.2. The van der Waals surface area contributed by atoms with Crippen molar-refractivity contribution < 1.29 is 5.11 Å². The molecule has 0 aliphatic heterocycles. The lowest BCUT2D eigenvalue weighted by Gasteiger charge is -1.98. The Kier molecular flexibility index (Phi) is 3.54. The van der Waals surface area contributed by atoms with Crippen molar-refractivity contribution in [3.8, 4) is 5.75 Å². The number of allylic oxidation sites excluding steroid dienone is 4. The fourth-order valence-electron chi connectivity index (χ4n) is 1.60. The van der Waals surface area contributed by atoms with Crippen LogP contribution in [-0.4, -0.2) is 17.9 Å². The number of hydrogen-bond donors (Lipinski definition) is 1. The summed E-state index contributed by atoms with van der Waals surface area (Å²) < 4.78 is 0. The van der Waals surface area contributed by atoms with Crippen LogP contribution in [0.5, 0.6) is 5.75 Å². The topological polar surface area (TPSA) is 32.6 Å². The molecule has 0 saturated heterocycles. The van der Waals surface area contributed by atoms with Gasteiger partial charge in [-0.2, -0.15) is 0 Å². The Morgan fingerprint density at radius 1 is 1.25 bits per heavy atom. The molecule has 0 bridgehead atoms. The molecule has 2 nitrogen and oxygen atoms in total. The van der Waals surface area contributed by atoms with Crippen LogP contribution in [0.2, 0.25) is 0 Å². The van der Waals surface area contributed by atoms with E-state index in [1.807, 2.05) is 18.3 Å². The molecule has 1 aromatic rings. The molecule has 2 heteroatoms. The van der Waals surface area contributed by atoms with Crippen LogP contribution in [-0.2, 0) is 6.42 Å². The highest BCUT2D eigenvalue weighted by Crippen LogP contribution is 2.10. The molecule has 0 aromatic heterocycles. The highest BCUT2D eigenvalue weighted by atomic mass is 16.3. The van der Waals surface area contributed by atoms with E-state index in [2.05, 4.69) is 23.2 Å². The van der Waals surface area contributed by atoms with Gasteiger partial charge in [-0.25, -0.2) is 0 Å². The van der Waals surface area contributed by atoms with E-state index in [-0.39, 0.29) is 0 Å². The third-order valence-corrected chi connectivity index (χ3v) is 2.52. The van der Waals surface area contributed by atoms with E-state index in [0.717, 1.165) is 19.4 Å². The van der Waals surface area contributed by atoms with Gasteiger partial charge < -0.3 is 5.11 Å². The highest BCUT2D eigenvalue weighted by molar-refractivity contribution is 5.80. The van der Waals surface area contributed by atoms with Crippen molar-refractivity contribution in [1.29, 1.82) is 0 Å². The predicted molar refractivity (Wildman–Crippen MR) is 67.0 cm³/mol. The summed E-state index contributed by atoms with van der Waals surface area (Å²) in [6, 6.07) is 7.29. The second-order valence-electron chi connectivity index (χ2n) is 3.83. The molecule has 0 fully saturated rings. The monoisotopic (exact) mass is 213 g/mol. The smallest absolute Gasteiger partial charge is 0.115 e. The third kappa shape index (κ3) is 3.09. The summed E-state index contributed by atoms with van der Waals surface area (Å²) in [5.41, 5.74) is 2.47. The van der Waals surface area contributed by atoms with E-state index in [4.69, 9.17) is 5.11 Å². The Labute approximate surface area is 95.7 Å². The lowest BCUT2D eigenvalue weighted by Crippen LogP contribution is -1.90. The molecule has 1 aliphatic rings. The fraction of sp³-hybridized carbons (Fsp3) is 0.214. The summed E-state index contributed by atoms with van der Waals surface area (Å²) in [4.78, 5) is 4.38. The Hall–Kier alpha value is -1.83. The number of hydrogen-bond acceptors (Lipinski definition) is 2. The van der Waals surface area contributed by atoms with E-state index in [0.29, 0.717) is 5.75 Å². The highest BCUT2D eigenvalue weighted by Gasteiger charge is 1.95. The molecule has 0 atom stereocenters. The molecule has 0 amide bonds. The zero-order valence-corrected chi connectivity index (χ0v) is 9.13. The second kappa shape index (κ2) is 5.31. The minimum absolute atomic E-state index is 0.314. The summed E-state index contributed by atoms with van der Waals surface area (Å²) in [6.45, 7) is 0.794. The van der Waals surface area contributed by atoms with E-state index >= 15 is 0 Å². The summed E-state index contributed by atoms with van der Waals surface area (Å²) >= 11 is 0. The Balaban J connectivity index is 1.77. The van der Waals surface area contributed by atoms with Crippen LogP contribution in [0, 0.1) is 0 Å². The molecule has 0 unspecified atom stereocenters. The number of benzene rings is 1. The normalized spacial score (nSPS) is 14.6. The lowest BCUT2D eigenvalue weighted by atomic mass is 10.1. The summed E-state index contributed by atoms with van der Waals surface area (Å²) in [5.74, 6) is 0.314. The first-order valence-electron chi connectivity index (χ1n) is 5.48. The first-order chi connectivity index (χ1) is 7.84. The van der Waals surface area contributed by atoms with Crippen molar-refractivity contribution in [2.75, 3.05) is 6.54 Å². The maximum atomic E-state index is 9.13. The second-order valence-corrected chi connectivity index (χ2v) is 3.83. The molecule has 0 saturated carbocycles. The van der Waals surface area contributed by atoms with Gasteiger partial charge in [0.15, 0.2) is 0 Å². The third-order valence-electron chi connectivity index (χ3n) is 2.52. The quantitative estimate of drug-likeness (QED) is 0.766. The molecule has 0 heterocycles. The maximum absolute atomic E-state index is 9.13. The summed E-state index contributed by atoms with van der Waals surface area (Å²) in [7, 11) is 0. The van der Waals surface area contributed by atoms with Gasteiger partial charge in [0.2, 0.25) is 0 Å². The van der Waals surface area contributed by atoms with Gasteiger partial charge in [-0.3, -0.25) is 4.99 Å². The molecule has 2 rings (SSSR count). The minimum Gasteiger partial charge on any atom is -0.508 e. The largest absolute Gasteiger partial charge is 0.508 e. The van der Waals surface area contributed by atoms with Gasteiger partial charge >= 0.3 is 0 Å². The maximum Gasteiger partial charge on any atom is 0.115 e. The molecule has 1 aromatic carbocycles. The lowest BCUT2D eigenvalue weighted by molar-refractivity contribution is 0.475. The number of aromatic hydroxyl groups is 1. The standard InChI is InChI=1S/C14H15NO/c16-14-7-5-12(6-8-14)9-10-15-11-13-3-1-2-4-13/h1-3,5-8,11,16H,4,9-10H2. The zero-order valence-electron chi connectivity index (χ0n) is 9.13. The average Bonchev–Trinajstić information content (AvgIpc) is 2.80. The van der Waals surface area contributed by atoms with Gasteiger partial charge in [0, 0.05) is 12.8 Å². The Bertz CT molecular complexity index is 427. The first-order valence-corrected chi connectivity index (χ1v) is 5.48. The van der Waals surface area contributed by atoms with Gasteiger partial charge in [0.05, 0.1) is 0 Å². The molecule has 16 heavy (non-hydrogen) atoms. The number of rotatable bonds is 4. The minimum atomic E-state index is 0.314. The number of phenolic OH excluding ortho intramolecular Hbond substituents is 1. The molecular formula is C14H15NO. The van der Waals surface area contributed by atoms with E-state index < -0.39 is 0 Å². The SMILES string of the molecule is Oc1ccc(CCN=CC2=CC=CC2)cc1. The van der Waals surface area contributed by atoms with Gasteiger partial charge in [-0.05, 0) is 36.1 Å². The van der Waals surface area contributed by atoms with Crippen LogP contribution < -0.4 is 0 Å². The summed E-state index contributed by atoms with van der Waals surface area (Å²) in [5, 5.41) is 9.13. The Morgan fingerprint density at radius 2 is 2.06 bits per heavy atom. The summed E-state index contributed by atoms with van der Waals surface area (Å²) in [6.07, 6.45) is 10.1. The number of phenols is 1. The van der Waals surface area contributed by atoms with E-state index in [1.165, 1.54) is 11.1 Å². The van der Waals surface area contributed by atoms with Gasteiger partial charge in [-0.1, -0.05) is 30.4 Å². The van der Waals surface area contributed by atoms with Crippen LogP contribution in [0.4, 0.5) is 0 Å². The van der Waals surface area contributed by atoms with Crippen molar-refractivity contribution >= 4 is 6.21 Å². The predicted octanol–water partition coefficient (Wildman–Crippen LogP) is 2.89. The van der Waals surface area contributed by atoms with Crippen LogP contribution in [0.3, 0.4) is 0 Å². The van der Waals surface area contributed by atoms with E-state index in [9.17, 15) is 0 Å². The van der Waals surface area contributed by atoms with Gasteiger partial charge in [0.1, 0.15) is 5.75 Å². The van der Waals surface area contributed by atoms with Crippen LogP contribution in [0.15, 0.2) is 53.1 Å². The molecular weight excluding hydrogens is 198 g/mol. The van der Waals surface area contributed by atoms with Crippen LogP contribution in [0.25, 0.3) is 0 Å². The van der Waals surface area contributed by atoms with Gasteiger partial charge in [-0.15, -0.1) is 0 Å². The van der Waals surface area contributed by atoms with Crippen LogP contribution in [0.1, 0.15) is 12.0 Å². The molecule has 82 valence electrons. The van der Waals surface area contributed by atoms with Crippen molar-refractivity contribution in [3.63, 3.8) is 0 Å². The van der Waals surface area contributed by atoms with Crippen LogP contribution >= 0.6 is 0 Å². The Morgan fingerprint density at radius 3 is 2.75 bits per heavy atom. The molecule has 1 aliphatic carbocycles. The fourth-order valence-corrected chi connectivity index (χ4v) is 1.60. The number of nitrogens with zero attached hydrogens (tertiary/aromatic N) is 1. The number of aliphatic imine (C=N–C) groups is 1. The molecule has 0 spiro atoms. The van der Waals surface area contributed by atoms with Crippen molar-refractivity contribution in [1.82, 2.24) is 0 Å². The molecule has 0 radical (unpaired) electrons. The van der Waals surface area contributed by atoms with E-state index in [1.54, 1.807) is 12.1 Å². The molecule has 1 N–H and O–H groups in total.